The molecule has 1 aromatic rings. The molecule has 1 N–H and O–H groups in total. The van der Waals surface area contributed by atoms with Gasteiger partial charge in [-0.05, 0) is 49.0 Å². The molecule has 0 radical (unpaired) electrons. The summed E-state index contributed by atoms with van der Waals surface area (Å²) in [5.74, 6) is -0.418. The maximum absolute atomic E-state index is 12.9. The van der Waals surface area contributed by atoms with Crippen LogP contribution in [0.4, 0.5) is 0 Å². The first-order valence-electron chi connectivity index (χ1n) is 11.0. The molecule has 0 amide bonds. The van der Waals surface area contributed by atoms with Crippen LogP contribution in [0.2, 0.25) is 18.1 Å². The third-order valence-corrected chi connectivity index (χ3v) is 10.7. The summed E-state index contributed by atoms with van der Waals surface area (Å²) in [4.78, 5) is 12.9. The second kappa shape index (κ2) is 11.4. The predicted octanol–water partition coefficient (Wildman–Crippen LogP) is 5.76. The van der Waals surface area contributed by atoms with Gasteiger partial charge in [-0.25, -0.2) is 0 Å². The lowest BCUT2D eigenvalue weighted by molar-refractivity contribution is -0.131. The third-order valence-electron chi connectivity index (χ3n) is 6.11. The van der Waals surface area contributed by atoms with Crippen LogP contribution in [0.15, 0.2) is 42.0 Å². The van der Waals surface area contributed by atoms with Crippen LogP contribution in [0, 0.1) is 11.8 Å². The number of Topliss-reactive ketones (excluding diaryl/α,β-unsaturated/α-hetero) is 1. The number of hydrogen-bond acceptors (Lipinski definition) is 4. The van der Waals surface area contributed by atoms with Gasteiger partial charge in [-0.2, -0.15) is 0 Å². The van der Waals surface area contributed by atoms with Crippen LogP contribution < -0.4 is 0 Å². The summed E-state index contributed by atoms with van der Waals surface area (Å²) in [5.41, 5.74) is 1.94. The molecule has 0 aromatic heterocycles. The molecular formula is C25H42O4Si. The fraction of sp³-hybridized carbons (Fsp3) is 0.640. The van der Waals surface area contributed by atoms with Gasteiger partial charge < -0.3 is 14.3 Å². The summed E-state index contributed by atoms with van der Waals surface area (Å²) < 4.78 is 12.0. The van der Waals surface area contributed by atoms with Crippen molar-refractivity contribution in [2.45, 2.75) is 85.4 Å². The molecule has 170 valence electrons. The number of ketones is 1. The lowest BCUT2D eigenvalue weighted by Gasteiger charge is -2.38. The Kier molecular flexibility index (Phi) is 10.1. The van der Waals surface area contributed by atoms with Crippen molar-refractivity contribution in [3.63, 3.8) is 0 Å². The molecule has 0 aliphatic rings. The van der Waals surface area contributed by atoms with Gasteiger partial charge in [0.25, 0.3) is 0 Å². The maximum atomic E-state index is 12.9. The molecule has 0 saturated heterocycles. The molecule has 0 fully saturated rings. The van der Waals surface area contributed by atoms with E-state index >= 15 is 0 Å². The Bertz CT molecular complexity index is 691. The molecule has 0 aliphatic heterocycles. The highest BCUT2D eigenvalue weighted by Gasteiger charge is 2.40. The second-order valence-electron chi connectivity index (χ2n) is 10.0. The van der Waals surface area contributed by atoms with Crippen LogP contribution in [0.25, 0.3) is 0 Å². The van der Waals surface area contributed by atoms with E-state index in [1.54, 1.807) is 6.92 Å². The molecule has 1 aromatic carbocycles. The minimum atomic E-state index is -2.04. The van der Waals surface area contributed by atoms with Crippen molar-refractivity contribution in [2.24, 2.45) is 11.8 Å². The molecule has 5 heteroatoms. The Morgan fingerprint density at radius 3 is 2.23 bits per heavy atom. The Labute approximate surface area is 184 Å². The van der Waals surface area contributed by atoms with Crippen molar-refractivity contribution in [2.75, 3.05) is 6.61 Å². The van der Waals surface area contributed by atoms with Crippen LogP contribution in [-0.2, 0) is 20.6 Å². The standard InChI is InChI=1S/C25H42O4Si/c1-18(16-28-17-22-13-11-10-12-14-22)15-19(2)23(26)20(3)24(27)21(4)29-30(8,9)25(5,6)7/h10-15,18,20-21,23,26H,16-17H2,1-9H3/b19-15+/t18-,20-,21+,23+/m1/s1. The zero-order valence-corrected chi connectivity index (χ0v) is 21.4. The van der Waals surface area contributed by atoms with E-state index in [0.717, 1.165) is 11.1 Å². The topological polar surface area (TPSA) is 55.8 Å². The Balaban J connectivity index is 2.61. The van der Waals surface area contributed by atoms with E-state index < -0.39 is 26.4 Å². The number of aliphatic hydroxyl groups is 1. The molecule has 0 heterocycles. The number of carbonyl (C=O) groups excluding carboxylic acids is 1. The lowest BCUT2D eigenvalue weighted by atomic mass is 9.90. The second-order valence-corrected chi connectivity index (χ2v) is 14.8. The normalized spacial score (nSPS) is 17.3. The number of ether oxygens (including phenoxy) is 1. The van der Waals surface area contributed by atoms with Gasteiger partial charge in [-0.15, -0.1) is 0 Å². The quantitative estimate of drug-likeness (QED) is 0.355. The molecule has 0 unspecified atom stereocenters. The molecule has 0 bridgehead atoms. The Morgan fingerprint density at radius 2 is 1.70 bits per heavy atom. The van der Waals surface area contributed by atoms with Crippen molar-refractivity contribution in [3.05, 3.63) is 47.5 Å². The van der Waals surface area contributed by atoms with Crippen LogP contribution in [-0.4, -0.2) is 38.0 Å². The summed E-state index contributed by atoms with van der Waals surface area (Å²) in [5, 5.41) is 10.8. The molecule has 0 aliphatic carbocycles. The molecular weight excluding hydrogens is 392 g/mol. The molecule has 30 heavy (non-hydrogen) atoms. The third kappa shape index (κ3) is 8.10. The molecule has 0 spiro atoms. The van der Waals surface area contributed by atoms with Gasteiger partial charge in [0, 0.05) is 5.92 Å². The van der Waals surface area contributed by atoms with E-state index in [2.05, 4.69) is 40.8 Å². The summed E-state index contributed by atoms with van der Waals surface area (Å²) in [7, 11) is -2.04. The summed E-state index contributed by atoms with van der Waals surface area (Å²) in [6.45, 7) is 19.4. The van der Waals surface area contributed by atoms with E-state index in [0.29, 0.717) is 13.2 Å². The van der Waals surface area contributed by atoms with Gasteiger partial charge in [0.15, 0.2) is 14.1 Å². The molecule has 4 atom stereocenters. The predicted molar refractivity (Wildman–Crippen MR) is 127 cm³/mol. The first-order valence-corrected chi connectivity index (χ1v) is 13.9. The average molecular weight is 435 g/mol. The number of carbonyl (C=O) groups is 1. The van der Waals surface area contributed by atoms with Crippen LogP contribution in [0.1, 0.15) is 54.0 Å². The van der Waals surface area contributed by atoms with E-state index in [4.69, 9.17) is 9.16 Å². The highest BCUT2D eigenvalue weighted by atomic mass is 28.4. The number of aliphatic hydroxyl groups excluding tert-OH is 1. The lowest BCUT2D eigenvalue weighted by Crippen LogP contribution is -2.47. The minimum Gasteiger partial charge on any atom is -0.407 e. The van der Waals surface area contributed by atoms with Gasteiger partial charge in [-0.1, -0.05) is 71.0 Å². The first kappa shape index (κ1) is 26.8. The molecule has 0 saturated carbocycles. The van der Waals surface area contributed by atoms with Crippen molar-refractivity contribution in [1.82, 2.24) is 0 Å². The summed E-state index contributed by atoms with van der Waals surface area (Å²) in [6.07, 6.45) is 0.660. The minimum absolute atomic E-state index is 0.0361. The van der Waals surface area contributed by atoms with Crippen molar-refractivity contribution < 1.29 is 19.1 Å². The number of rotatable bonds is 11. The van der Waals surface area contributed by atoms with Crippen LogP contribution in [0.3, 0.4) is 0 Å². The Hall–Kier alpha value is -1.27. The van der Waals surface area contributed by atoms with Crippen molar-refractivity contribution in [3.8, 4) is 0 Å². The van der Waals surface area contributed by atoms with Gasteiger partial charge in [0.1, 0.15) is 6.10 Å². The van der Waals surface area contributed by atoms with Crippen LogP contribution in [0.5, 0.6) is 0 Å². The fourth-order valence-corrected chi connectivity index (χ4v) is 4.48. The van der Waals surface area contributed by atoms with E-state index in [1.807, 2.05) is 50.3 Å². The summed E-state index contributed by atoms with van der Waals surface area (Å²) in [6, 6.07) is 10.1. The highest BCUT2D eigenvalue weighted by Crippen LogP contribution is 2.37. The van der Waals surface area contributed by atoms with Gasteiger partial charge in [0.2, 0.25) is 0 Å². The average Bonchev–Trinajstić information content (AvgIpc) is 2.65. The first-order chi connectivity index (χ1) is 13.8. The zero-order valence-electron chi connectivity index (χ0n) is 20.4. The molecule has 1 rings (SSSR count). The van der Waals surface area contributed by atoms with Crippen molar-refractivity contribution in [1.29, 1.82) is 0 Å². The smallest absolute Gasteiger partial charge is 0.193 e. The van der Waals surface area contributed by atoms with Gasteiger partial charge in [-0.3, -0.25) is 4.79 Å². The van der Waals surface area contributed by atoms with Gasteiger partial charge in [0.05, 0.1) is 19.3 Å². The molecule has 4 nitrogen and oxygen atoms in total. The fourth-order valence-electron chi connectivity index (χ4n) is 3.13. The largest absolute Gasteiger partial charge is 0.407 e. The summed E-state index contributed by atoms with van der Waals surface area (Å²) >= 11 is 0. The Morgan fingerprint density at radius 1 is 1.13 bits per heavy atom. The zero-order chi connectivity index (χ0) is 23.1. The number of hydrogen-bond donors (Lipinski definition) is 1. The van der Waals surface area contributed by atoms with E-state index in [-0.39, 0.29) is 16.7 Å². The highest BCUT2D eigenvalue weighted by molar-refractivity contribution is 6.74. The maximum Gasteiger partial charge on any atom is 0.193 e. The van der Waals surface area contributed by atoms with E-state index in [1.165, 1.54) is 0 Å². The monoisotopic (exact) mass is 434 g/mol. The van der Waals surface area contributed by atoms with Crippen LogP contribution >= 0.6 is 0 Å². The SMILES string of the molecule is C/C(=C\[C@@H](C)COCc1ccccc1)[C@H](O)[C@@H](C)C(=O)[C@H](C)O[Si](C)(C)C(C)(C)C. The van der Waals surface area contributed by atoms with E-state index in [9.17, 15) is 9.90 Å². The van der Waals surface area contributed by atoms with Gasteiger partial charge >= 0.3 is 0 Å². The van der Waals surface area contributed by atoms with Crippen molar-refractivity contribution >= 4 is 14.1 Å². The number of benzene rings is 1.